The molecule has 2 nitrogen and oxygen atoms in total. The van der Waals surface area contributed by atoms with Gasteiger partial charge >= 0.3 is 0 Å². The second-order valence-corrected chi connectivity index (χ2v) is 4.51. The molecule has 0 aliphatic heterocycles. The summed E-state index contributed by atoms with van der Waals surface area (Å²) in [6.45, 7) is 2.18. The van der Waals surface area contributed by atoms with Gasteiger partial charge in [0.1, 0.15) is 0 Å². The number of nitrogens with one attached hydrogen (secondary N) is 1. The molecule has 1 fully saturated rings. The molecule has 0 heterocycles. The number of hydroxylamine groups is 1. The van der Waals surface area contributed by atoms with E-state index in [0.29, 0.717) is 12.1 Å². The summed E-state index contributed by atoms with van der Waals surface area (Å²) < 4.78 is 0. The first-order chi connectivity index (χ1) is 7.90. The zero-order chi connectivity index (χ0) is 11.2. The van der Waals surface area contributed by atoms with Crippen LogP contribution in [0.4, 0.5) is 0 Å². The maximum absolute atomic E-state index is 5.76. The van der Waals surface area contributed by atoms with Crippen LogP contribution < -0.4 is 5.48 Å². The van der Waals surface area contributed by atoms with Gasteiger partial charge in [0.15, 0.2) is 0 Å². The van der Waals surface area contributed by atoms with Gasteiger partial charge in [-0.1, -0.05) is 50.1 Å². The van der Waals surface area contributed by atoms with Crippen molar-refractivity contribution < 1.29 is 4.84 Å². The standard InChI is InChI=1S/C14H21NO/c1-2-14(12-8-4-3-5-9-12)15-16-13-10-6-7-11-13/h3-5,8-9,13-15H,2,6-7,10-11H2,1H3. The van der Waals surface area contributed by atoms with Crippen molar-refractivity contribution in [1.82, 2.24) is 5.48 Å². The van der Waals surface area contributed by atoms with Gasteiger partial charge in [0.05, 0.1) is 12.1 Å². The molecule has 2 heteroatoms. The van der Waals surface area contributed by atoms with E-state index in [1.807, 2.05) is 6.07 Å². The summed E-state index contributed by atoms with van der Waals surface area (Å²) in [6.07, 6.45) is 6.52. The lowest BCUT2D eigenvalue weighted by Gasteiger charge is -2.20. The highest BCUT2D eigenvalue weighted by molar-refractivity contribution is 5.18. The highest BCUT2D eigenvalue weighted by Crippen LogP contribution is 2.22. The topological polar surface area (TPSA) is 21.3 Å². The molecule has 1 aliphatic rings. The maximum Gasteiger partial charge on any atom is 0.0790 e. The molecule has 0 radical (unpaired) electrons. The zero-order valence-electron chi connectivity index (χ0n) is 9.99. The fourth-order valence-electron chi connectivity index (χ4n) is 2.26. The Labute approximate surface area is 98.0 Å². The molecule has 0 saturated heterocycles. The van der Waals surface area contributed by atoms with Gasteiger partial charge in [-0.2, -0.15) is 5.48 Å². The van der Waals surface area contributed by atoms with Crippen molar-refractivity contribution in [3.63, 3.8) is 0 Å². The van der Waals surface area contributed by atoms with Crippen LogP contribution in [0.3, 0.4) is 0 Å². The molecule has 1 aromatic carbocycles. The van der Waals surface area contributed by atoms with Crippen LogP contribution >= 0.6 is 0 Å². The van der Waals surface area contributed by atoms with Crippen LogP contribution in [0, 0.1) is 0 Å². The van der Waals surface area contributed by atoms with Crippen LogP contribution in [-0.4, -0.2) is 6.10 Å². The molecule has 1 unspecified atom stereocenters. The van der Waals surface area contributed by atoms with Gasteiger partial charge in [0, 0.05) is 0 Å². The van der Waals surface area contributed by atoms with Gasteiger partial charge in [-0.05, 0) is 24.8 Å². The lowest BCUT2D eigenvalue weighted by atomic mass is 10.1. The van der Waals surface area contributed by atoms with Crippen LogP contribution in [0.25, 0.3) is 0 Å². The van der Waals surface area contributed by atoms with Crippen LogP contribution in [0.5, 0.6) is 0 Å². The number of benzene rings is 1. The van der Waals surface area contributed by atoms with Gasteiger partial charge in [0.25, 0.3) is 0 Å². The zero-order valence-corrected chi connectivity index (χ0v) is 9.99. The Kier molecular flexibility index (Phi) is 4.37. The third kappa shape index (κ3) is 3.06. The molecule has 1 aliphatic carbocycles. The fourth-order valence-corrected chi connectivity index (χ4v) is 2.26. The summed E-state index contributed by atoms with van der Waals surface area (Å²) in [5, 5.41) is 0. The quantitative estimate of drug-likeness (QED) is 0.764. The third-order valence-corrected chi connectivity index (χ3v) is 3.29. The largest absolute Gasteiger partial charge is 0.298 e. The first-order valence-electron chi connectivity index (χ1n) is 6.36. The summed E-state index contributed by atoms with van der Waals surface area (Å²) in [6, 6.07) is 10.8. The Morgan fingerprint density at radius 3 is 2.56 bits per heavy atom. The fraction of sp³-hybridized carbons (Fsp3) is 0.571. The minimum atomic E-state index is 0.321. The molecule has 88 valence electrons. The van der Waals surface area contributed by atoms with E-state index in [-0.39, 0.29) is 0 Å². The van der Waals surface area contributed by atoms with Crippen LogP contribution in [0.2, 0.25) is 0 Å². The Balaban J connectivity index is 1.85. The van der Waals surface area contributed by atoms with Crippen molar-refractivity contribution in [3.8, 4) is 0 Å². The van der Waals surface area contributed by atoms with E-state index in [1.54, 1.807) is 0 Å². The molecular formula is C14H21NO. The normalized spacial score (nSPS) is 18.8. The van der Waals surface area contributed by atoms with Crippen molar-refractivity contribution >= 4 is 0 Å². The highest BCUT2D eigenvalue weighted by atomic mass is 16.7. The maximum atomic E-state index is 5.76. The number of hydrogen-bond donors (Lipinski definition) is 1. The lowest BCUT2D eigenvalue weighted by molar-refractivity contribution is -0.0415. The van der Waals surface area contributed by atoms with Gasteiger partial charge < -0.3 is 0 Å². The molecule has 16 heavy (non-hydrogen) atoms. The van der Waals surface area contributed by atoms with E-state index in [2.05, 4.69) is 36.7 Å². The van der Waals surface area contributed by atoms with E-state index in [1.165, 1.54) is 31.2 Å². The Bertz CT molecular complexity index is 293. The second-order valence-electron chi connectivity index (χ2n) is 4.51. The molecule has 0 spiro atoms. The van der Waals surface area contributed by atoms with E-state index < -0.39 is 0 Å². The van der Waals surface area contributed by atoms with E-state index in [4.69, 9.17) is 4.84 Å². The van der Waals surface area contributed by atoms with Gasteiger partial charge in [-0.3, -0.25) is 4.84 Å². The molecular weight excluding hydrogens is 198 g/mol. The Morgan fingerprint density at radius 2 is 1.94 bits per heavy atom. The molecule has 0 bridgehead atoms. The number of hydrogen-bond acceptors (Lipinski definition) is 2. The Morgan fingerprint density at radius 1 is 1.25 bits per heavy atom. The molecule has 1 aromatic rings. The van der Waals surface area contributed by atoms with Crippen LogP contribution in [-0.2, 0) is 4.84 Å². The number of rotatable bonds is 5. The summed E-state index contributed by atoms with van der Waals surface area (Å²) in [5.41, 5.74) is 4.54. The highest BCUT2D eigenvalue weighted by Gasteiger charge is 2.17. The van der Waals surface area contributed by atoms with Gasteiger partial charge in [-0.15, -0.1) is 0 Å². The van der Waals surface area contributed by atoms with Gasteiger partial charge in [0.2, 0.25) is 0 Å². The monoisotopic (exact) mass is 219 g/mol. The minimum Gasteiger partial charge on any atom is -0.298 e. The Hall–Kier alpha value is -0.860. The smallest absolute Gasteiger partial charge is 0.0790 e. The SMILES string of the molecule is CCC(NOC1CCCC1)c1ccccc1. The average molecular weight is 219 g/mol. The molecule has 1 atom stereocenters. The van der Waals surface area contributed by atoms with E-state index in [0.717, 1.165) is 6.42 Å². The second kappa shape index (κ2) is 6.02. The van der Waals surface area contributed by atoms with Crippen LogP contribution in [0.1, 0.15) is 50.6 Å². The van der Waals surface area contributed by atoms with Gasteiger partial charge in [-0.25, -0.2) is 0 Å². The predicted molar refractivity (Wildman–Crippen MR) is 66.0 cm³/mol. The van der Waals surface area contributed by atoms with E-state index >= 15 is 0 Å². The summed E-state index contributed by atoms with van der Waals surface area (Å²) >= 11 is 0. The summed E-state index contributed by atoms with van der Waals surface area (Å²) in [5.74, 6) is 0. The van der Waals surface area contributed by atoms with Crippen molar-refractivity contribution in [1.29, 1.82) is 0 Å². The first-order valence-corrected chi connectivity index (χ1v) is 6.36. The molecule has 0 aromatic heterocycles. The summed E-state index contributed by atoms with van der Waals surface area (Å²) in [7, 11) is 0. The summed E-state index contributed by atoms with van der Waals surface area (Å²) in [4.78, 5) is 5.76. The van der Waals surface area contributed by atoms with Crippen molar-refractivity contribution in [2.24, 2.45) is 0 Å². The molecule has 0 amide bonds. The third-order valence-electron chi connectivity index (χ3n) is 3.29. The molecule has 1 saturated carbocycles. The predicted octanol–water partition coefficient (Wildman–Crippen LogP) is 3.60. The molecule has 1 N–H and O–H groups in total. The average Bonchev–Trinajstić information content (AvgIpc) is 2.84. The first kappa shape index (κ1) is 11.6. The van der Waals surface area contributed by atoms with Crippen LogP contribution in [0.15, 0.2) is 30.3 Å². The lowest BCUT2D eigenvalue weighted by Crippen LogP contribution is -2.26. The van der Waals surface area contributed by atoms with Crippen molar-refractivity contribution in [2.75, 3.05) is 0 Å². The molecule has 2 rings (SSSR count). The van der Waals surface area contributed by atoms with E-state index in [9.17, 15) is 0 Å². The minimum absolute atomic E-state index is 0.321. The van der Waals surface area contributed by atoms with Crippen molar-refractivity contribution in [2.45, 2.75) is 51.2 Å². The van der Waals surface area contributed by atoms with Crippen molar-refractivity contribution in [3.05, 3.63) is 35.9 Å².